The van der Waals surface area contributed by atoms with Crippen LogP contribution in [0.1, 0.15) is 54.0 Å². The molecule has 5 nitrogen and oxygen atoms in total. The van der Waals surface area contributed by atoms with Crippen LogP contribution >= 0.6 is 0 Å². The van der Waals surface area contributed by atoms with Crippen molar-refractivity contribution < 1.29 is 24.4 Å². The summed E-state index contributed by atoms with van der Waals surface area (Å²) in [6, 6.07) is 14.8. The van der Waals surface area contributed by atoms with Gasteiger partial charge in [-0.05, 0) is 60.6 Å². The van der Waals surface area contributed by atoms with Crippen molar-refractivity contribution in [3.8, 4) is 5.75 Å². The summed E-state index contributed by atoms with van der Waals surface area (Å²) < 4.78 is 17.5. The fraction of sp³-hybridized carbons (Fsp3) is 0.538. The Morgan fingerprint density at radius 2 is 1.84 bits per heavy atom. The molecule has 0 bridgehead atoms. The first kappa shape index (κ1) is 21.0. The molecule has 166 valence electrons. The van der Waals surface area contributed by atoms with Gasteiger partial charge >= 0.3 is 0 Å². The van der Waals surface area contributed by atoms with E-state index in [0.717, 1.165) is 43.8 Å². The molecule has 2 saturated heterocycles. The maximum atomic E-state index is 10.1. The molecule has 3 atom stereocenters. The van der Waals surface area contributed by atoms with Gasteiger partial charge in [-0.25, -0.2) is 0 Å². The highest BCUT2D eigenvalue weighted by molar-refractivity contribution is 5.38. The van der Waals surface area contributed by atoms with E-state index in [9.17, 15) is 10.2 Å². The van der Waals surface area contributed by atoms with Gasteiger partial charge in [0.15, 0.2) is 0 Å². The Hall–Kier alpha value is -1.92. The summed E-state index contributed by atoms with van der Waals surface area (Å²) in [5.41, 5.74) is 5.21. The number of aliphatic hydroxyl groups is 2. The molecule has 1 saturated carbocycles. The molecule has 3 fully saturated rings. The lowest BCUT2D eigenvalue weighted by molar-refractivity contribution is -0.191. The molecule has 2 aromatic rings. The molecule has 2 N–H and O–H groups in total. The largest absolute Gasteiger partial charge is 0.490 e. The molecule has 2 aromatic carbocycles. The Labute approximate surface area is 184 Å². The standard InChI is InChI=1S/C26H32O5/c1-17-2-5-19(25-11-21(28)10-23(14-27)31-25)9-20(17)8-18-3-6-22(7-4-18)30-24-12-26(13-24)15-29-16-26/h2-7,9,21,23-25,27-28H,8,10-16H2,1H3. The van der Waals surface area contributed by atoms with Gasteiger partial charge in [0.25, 0.3) is 0 Å². The van der Waals surface area contributed by atoms with Gasteiger partial charge in [0.1, 0.15) is 11.9 Å². The average molecular weight is 425 g/mol. The van der Waals surface area contributed by atoms with Crippen molar-refractivity contribution >= 4 is 0 Å². The van der Waals surface area contributed by atoms with Crippen molar-refractivity contribution in [3.05, 3.63) is 64.7 Å². The van der Waals surface area contributed by atoms with Crippen LogP contribution < -0.4 is 4.74 Å². The van der Waals surface area contributed by atoms with Gasteiger partial charge in [-0.3, -0.25) is 0 Å². The van der Waals surface area contributed by atoms with E-state index in [1.807, 2.05) is 0 Å². The molecule has 0 amide bonds. The SMILES string of the molecule is Cc1ccc(C2CC(O)CC(CO)O2)cc1Cc1ccc(OC2CC3(COC3)C2)cc1. The Bertz CT molecular complexity index is 897. The Morgan fingerprint density at radius 1 is 1.06 bits per heavy atom. The van der Waals surface area contributed by atoms with Gasteiger partial charge in [-0.2, -0.15) is 0 Å². The average Bonchev–Trinajstić information content (AvgIpc) is 2.71. The lowest BCUT2D eigenvalue weighted by Gasteiger charge is -2.52. The molecule has 2 heterocycles. The third-order valence-corrected chi connectivity index (χ3v) is 7.08. The third-order valence-electron chi connectivity index (χ3n) is 7.08. The maximum absolute atomic E-state index is 10.1. The molecular formula is C26H32O5. The zero-order chi connectivity index (χ0) is 21.4. The minimum Gasteiger partial charge on any atom is -0.490 e. The number of aliphatic hydroxyl groups excluding tert-OH is 2. The molecule has 5 heteroatoms. The second kappa shape index (κ2) is 8.55. The summed E-state index contributed by atoms with van der Waals surface area (Å²) in [5.74, 6) is 0.939. The number of hydrogen-bond acceptors (Lipinski definition) is 5. The molecule has 0 aromatic heterocycles. The minimum atomic E-state index is -0.435. The van der Waals surface area contributed by atoms with E-state index in [-0.39, 0.29) is 18.8 Å². The van der Waals surface area contributed by atoms with Crippen molar-refractivity contribution in [2.45, 2.75) is 63.4 Å². The normalized spacial score (nSPS) is 27.5. The van der Waals surface area contributed by atoms with Gasteiger partial charge in [-0.15, -0.1) is 0 Å². The summed E-state index contributed by atoms with van der Waals surface area (Å²) >= 11 is 0. The second-order valence-electron chi connectivity index (χ2n) is 9.70. The summed E-state index contributed by atoms with van der Waals surface area (Å²) in [5, 5.41) is 19.6. The summed E-state index contributed by atoms with van der Waals surface area (Å²) in [6.07, 6.45) is 3.53. The molecular weight excluding hydrogens is 392 g/mol. The molecule has 1 spiro atoms. The minimum absolute atomic E-state index is 0.0592. The smallest absolute Gasteiger partial charge is 0.119 e. The lowest BCUT2D eigenvalue weighted by atomic mass is 9.65. The Balaban J connectivity index is 1.23. The van der Waals surface area contributed by atoms with E-state index < -0.39 is 6.10 Å². The maximum Gasteiger partial charge on any atom is 0.119 e. The van der Waals surface area contributed by atoms with E-state index >= 15 is 0 Å². The van der Waals surface area contributed by atoms with Crippen LogP contribution in [-0.4, -0.2) is 48.3 Å². The van der Waals surface area contributed by atoms with Crippen LogP contribution in [0.5, 0.6) is 5.75 Å². The monoisotopic (exact) mass is 424 g/mol. The zero-order valence-electron chi connectivity index (χ0n) is 18.1. The van der Waals surface area contributed by atoms with Gasteiger partial charge < -0.3 is 24.4 Å². The lowest BCUT2D eigenvalue weighted by Crippen LogP contribution is -2.56. The van der Waals surface area contributed by atoms with Crippen molar-refractivity contribution in [1.82, 2.24) is 0 Å². The van der Waals surface area contributed by atoms with E-state index in [0.29, 0.717) is 24.4 Å². The number of hydrogen-bond donors (Lipinski definition) is 2. The molecule has 3 aliphatic rings. The van der Waals surface area contributed by atoms with Crippen molar-refractivity contribution in [3.63, 3.8) is 0 Å². The summed E-state index contributed by atoms with van der Waals surface area (Å²) in [4.78, 5) is 0. The van der Waals surface area contributed by atoms with Gasteiger partial charge in [0.05, 0.1) is 38.1 Å². The van der Waals surface area contributed by atoms with Crippen LogP contribution in [-0.2, 0) is 15.9 Å². The van der Waals surface area contributed by atoms with Crippen LogP contribution in [0, 0.1) is 12.3 Å². The van der Waals surface area contributed by atoms with Crippen LogP contribution in [0.2, 0.25) is 0 Å². The van der Waals surface area contributed by atoms with Crippen molar-refractivity contribution in [2.24, 2.45) is 5.41 Å². The van der Waals surface area contributed by atoms with Gasteiger partial charge in [-0.1, -0.05) is 30.3 Å². The molecule has 0 radical (unpaired) electrons. The number of rotatable bonds is 6. The van der Waals surface area contributed by atoms with E-state index in [1.54, 1.807) is 0 Å². The van der Waals surface area contributed by atoms with Crippen LogP contribution in [0.15, 0.2) is 42.5 Å². The Morgan fingerprint density at radius 3 is 2.52 bits per heavy atom. The summed E-state index contributed by atoms with van der Waals surface area (Å²) in [7, 11) is 0. The summed E-state index contributed by atoms with van der Waals surface area (Å²) in [6.45, 7) is 3.86. The highest BCUT2D eigenvalue weighted by atomic mass is 16.5. The third kappa shape index (κ3) is 4.51. The highest BCUT2D eigenvalue weighted by Gasteiger charge is 2.51. The van der Waals surface area contributed by atoms with E-state index in [4.69, 9.17) is 14.2 Å². The van der Waals surface area contributed by atoms with Crippen LogP contribution in [0.4, 0.5) is 0 Å². The van der Waals surface area contributed by atoms with Gasteiger partial charge in [0, 0.05) is 18.3 Å². The van der Waals surface area contributed by atoms with Gasteiger partial charge in [0.2, 0.25) is 0 Å². The van der Waals surface area contributed by atoms with E-state index in [1.165, 1.54) is 16.7 Å². The predicted octanol–water partition coefficient (Wildman–Crippen LogP) is 3.72. The molecule has 31 heavy (non-hydrogen) atoms. The topological polar surface area (TPSA) is 68.2 Å². The second-order valence-corrected chi connectivity index (χ2v) is 9.70. The van der Waals surface area contributed by atoms with Crippen molar-refractivity contribution in [2.75, 3.05) is 19.8 Å². The number of ether oxygens (including phenoxy) is 3. The first-order chi connectivity index (χ1) is 15.0. The van der Waals surface area contributed by atoms with Crippen molar-refractivity contribution in [1.29, 1.82) is 0 Å². The van der Waals surface area contributed by atoms with Crippen LogP contribution in [0.25, 0.3) is 0 Å². The first-order valence-corrected chi connectivity index (χ1v) is 11.4. The quantitative estimate of drug-likeness (QED) is 0.740. The molecule has 1 aliphatic carbocycles. The number of benzene rings is 2. The zero-order valence-corrected chi connectivity index (χ0v) is 18.1. The van der Waals surface area contributed by atoms with Crippen LogP contribution in [0.3, 0.4) is 0 Å². The highest BCUT2D eigenvalue weighted by Crippen LogP contribution is 2.48. The Kier molecular flexibility index (Phi) is 5.78. The molecule has 2 aliphatic heterocycles. The van der Waals surface area contributed by atoms with E-state index in [2.05, 4.69) is 49.4 Å². The fourth-order valence-electron chi connectivity index (χ4n) is 5.12. The molecule has 5 rings (SSSR count). The number of aryl methyl sites for hydroxylation is 1. The molecule has 3 unspecified atom stereocenters. The predicted molar refractivity (Wildman–Crippen MR) is 117 cm³/mol. The first-order valence-electron chi connectivity index (χ1n) is 11.4. The fourth-order valence-corrected chi connectivity index (χ4v) is 5.12.